The molecule has 0 spiro atoms. The molecule has 0 heterocycles. The summed E-state index contributed by atoms with van der Waals surface area (Å²) in [5, 5.41) is 0. The summed E-state index contributed by atoms with van der Waals surface area (Å²) in [7, 11) is 1.44. The van der Waals surface area contributed by atoms with Crippen molar-refractivity contribution < 1.29 is 9.53 Å². The average molecular weight is 414 g/mol. The van der Waals surface area contributed by atoms with E-state index in [0.717, 1.165) is 22.4 Å². The molecule has 3 aromatic carbocycles. The Labute approximate surface area is 186 Å². The summed E-state index contributed by atoms with van der Waals surface area (Å²) < 4.78 is 5.23. The Balaban J connectivity index is 2.20. The molecule has 3 heteroatoms. The Kier molecular flexibility index (Phi) is 6.96. The molecule has 160 valence electrons. The highest BCUT2D eigenvalue weighted by Crippen LogP contribution is 2.29. The van der Waals surface area contributed by atoms with Crippen LogP contribution in [0, 0.1) is 34.6 Å². The van der Waals surface area contributed by atoms with Gasteiger partial charge in [0.1, 0.15) is 5.70 Å². The van der Waals surface area contributed by atoms with Crippen LogP contribution in [0.15, 0.2) is 66.4 Å². The highest BCUT2D eigenvalue weighted by atomic mass is 16.5. The predicted molar refractivity (Wildman–Crippen MR) is 129 cm³/mol. The van der Waals surface area contributed by atoms with Gasteiger partial charge in [0.2, 0.25) is 0 Å². The van der Waals surface area contributed by atoms with Gasteiger partial charge in [0.15, 0.2) is 0 Å². The summed E-state index contributed by atoms with van der Waals surface area (Å²) in [6, 6.07) is 20.6. The van der Waals surface area contributed by atoms with Crippen LogP contribution >= 0.6 is 0 Å². The third kappa shape index (κ3) is 5.05. The molecule has 3 aromatic rings. The maximum absolute atomic E-state index is 13.0. The Bertz CT molecular complexity index is 1100. The van der Waals surface area contributed by atoms with E-state index >= 15 is 0 Å². The van der Waals surface area contributed by atoms with Gasteiger partial charge in [0, 0.05) is 12.2 Å². The van der Waals surface area contributed by atoms with Gasteiger partial charge in [0.25, 0.3) is 0 Å². The lowest BCUT2D eigenvalue weighted by atomic mass is 9.99. The molecule has 31 heavy (non-hydrogen) atoms. The van der Waals surface area contributed by atoms with Crippen LogP contribution in [0.3, 0.4) is 0 Å². The number of carbonyl (C=O) groups is 1. The van der Waals surface area contributed by atoms with E-state index in [4.69, 9.17) is 4.74 Å². The van der Waals surface area contributed by atoms with Crippen LogP contribution in [0.4, 0.5) is 5.69 Å². The standard InChI is InChI=1S/C28H31NO2/c1-19-11-7-9-13-25(19)18-29(26-14-10-8-12-20(26)2)27(28(30)31-6)17-24-15-21(3)23(5)22(4)16-24/h7-17H,18H2,1-6H3/b27-17+. The fraction of sp³-hybridized carbons (Fsp3) is 0.250. The summed E-state index contributed by atoms with van der Waals surface area (Å²) in [6.45, 7) is 11.1. The van der Waals surface area contributed by atoms with Gasteiger partial charge < -0.3 is 9.64 Å². The van der Waals surface area contributed by atoms with Crippen molar-refractivity contribution in [3.05, 3.63) is 105 Å². The lowest BCUT2D eigenvalue weighted by molar-refractivity contribution is -0.136. The maximum atomic E-state index is 13.0. The lowest BCUT2D eigenvalue weighted by Crippen LogP contribution is -2.28. The van der Waals surface area contributed by atoms with Crippen LogP contribution in [-0.4, -0.2) is 13.1 Å². The van der Waals surface area contributed by atoms with Crippen molar-refractivity contribution >= 4 is 17.7 Å². The number of ether oxygens (including phenoxy) is 1. The Morgan fingerprint density at radius 2 is 1.42 bits per heavy atom. The number of esters is 1. The van der Waals surface area contributed by atoms with Crippen molar-refractivity contribution in [3.8, 4) is 0 Å². The summed E-state index contributed by atoms with van der Waals surface area (Å²) >= 11 is 0. The SMILES string of the molecule is COC(=O)/C(=C\c1cc(C)c(C)c(C)c1)N(Cc1ccccc1C)c1ccccc1C. The quantitative estimate of drug-likeness (QED) is 0.343. The van der Waals surface area contributed by atoms with Crippen LogP contribution in [0.1, 0.15) is 38.9 Å². The molecule has 0 aliphatic carbocycles. The van der Waals surface area contributed by atoms with E-state index in [1.165, 1.54) is 29.4 Å². The fourth-order valence-electron chi connectivity index (χ4n) is 3.79. The van der Waals surface area contributed by atoms with E-state index in [-0.39, 0.29) is 5.97 Å². The van der Waals surface area contributed by atoms with Crippen molar-refractivity contribution in [3.63, 3.8) is 0 Å². The van der Waals surface area contributed by atoms with Crippen molar-refractivity contribution in [2.24, 2.45) is 0 Å². The topological polar surface area (TPSA) is 29.5 Å². The van der Waals surface area contributed by atoms with Crippen molar-refractivity contribution in [1.82, 2.24) is 0 Å². The van der Waals surface area contributed by atoms with E-state index in [9.17, 15) is 4.79 Å². The molecule has 0 fully saturated rings. The van der Waals surface area contributed by atoms with E-state index in [1.54, 1.807) is 0 Å². The molecule has 0 atom stereocenters. The van der Waals surface area contributed by atoms with E-state index in [1.807, 2.05) is 30.3 Å². The van der Waals surface area contributed by atoms with Crippen LogP contribution in [0.2, 0.25) is 0 Å². The molecule has 0 radical (unpaired) electrons. The first-order valence-corrected chi connectivity index (χ1v) is 10.6. The number of methoxy groups -OCH3 is 1. The van der Waals surface area contributed by atoms with Crippen LogP contribution < -0.4 is 4.90 Å². The van der Waals surface area contributed by atoms with Crippen LogP contribution in [0.25, 0.3) is 6.08 Å². The summed E-state index contributed by atoms with van der Waals surface area (Å²) in [5.74, 6) is -0.354. The molecule has 0 aliphatic heterocycles. The summed E-state index contributed by atoms with van der Waals surface area (Å²) in [4.78, 5) is 15.1. The van der Waals surface area contributed by atoms with E-state index in [2.05, 4.69) is 75.9 Å². The minimum Gasteiger partial charge on any atom is -0.464 e. The predicted octanol–water partition coefficient (Wildman–Crippen LogP) is 6.45. The minimum atomic E-state index is -0.354. The minimum absolute atomic E-state index is 0.354. The second-order valence-electron chi connectivity index (χ2n) is 8.10. The Hall–Kier alpha value is -3.33. The molecular formula is C28H31NO2. The zero-order valence-corrected chi connectivity index (χ0v) is 19.3. The van der Waals surface area contributed by atoms with Gasteiger partial charge in [-0.1, -0.05) is 54.6 Å². The molecule has 3 nitrogen and oxygen atoms in total. The van der Waals surface area contributed by atoms with Gasteiger partial charge in [0.05, 0.1) is 7.11 Å². The second kappa shape index (κ2) is 9.65. The number of nitrogens with zero attached hydrogens (tertiary/aromatic N) is 1. The molecule has 3 rings (SSSR count). The molecule has 0 aliphatic rings. The molecule has 0 saturated carbocycles. The fourth-order valence-corrected chi connectivity index (χ4v) is 3.79. The van der Waals surface area contributed by atoms with Crippen molar-refractivity contribution in [2.45, 2.75) is 41.2 Å². The first-order valence-electron chi connectivity index (χ1n) is 10.6. The highest BCUT2D eigenvalue weighted by molar-refractivity contribution is 5.98. The van der Waals surface area contributed by atoms with Gasteiger partial charge in [-0.05, 0) is 85.7 Å². The Morgan fingerprint density at radius 3 is 2.00 bits per heavy atom. The van der Waals surface area contributed by atoms with E-state index < -0.39 is 0 Å². The smallest absolute Gasteiger partial charge is 0.354 e. The molecule has 0 unspecified atom stereocenters. The zero-order chi connectivity index (χ0) is 22.5. The molecular weight excluding hydrogens is 382 g/mol. The Morgan fingerprint density at radius 1 is 0.839 bits per heavy atom. The number of benzene rings is 3. The highest BCUT2D eigenvalue weighted by Gasteiger charge is 2.22. The third-order valence-corrected chi connectivity index (χ3v) is 5.93. The van der Waals surface area contributed by atoms with Gasteiger partial charge >= 0.3 is 5.97 Å². The summed E-state index contributed by atoms with van der Waals surface area (Å²) in [5.41, 5.74) is 9.63. The average Bonchev–Trinajstić information content (AvgIpc) is 2.75. The lowest BCUT2D eigenvalue weighted by Gasteiger charge is -2.28. The zero-order valence-electron chi connectivity index (χ0n) is 19.3. The maximum Gasteiger partial charge on any atom is 0.354 e. The normalized spacial score (nSPS) is 11.4. The monoisotopic (exact) mass is 413 g/mol. The summed E-state index contributed by atoms with van der Waals surface area (Å²) in [6.07, 6.45) is 1.94. The van der Waals surface area contributed by atoms with E-state index in [0.29, 0.717) is 12.2 Å². The largest absolute Gasteiger partial charge is 0.464 e. The third-order valence-electron chi connectivity index (χ3n) is 5.93. The first-order chi connectivity index (χ1) is 14.8. The molecule has 0 aromatic heterocycles. The number of rotatable bonds is 6. The van der Waals surface area contributed by atoms with Gasteiger partial charge in [-0.2, -0.15) is 0 Å². The van der Waals surface area contributed by atoms with Crippen LogP contribution in [-0.2, 0) is 16.1 Å². The van der Waals surface area contributed by atoms with Crippen molar-refractivity contribution in [2.75, 3.05) is 12.0 Å². The molecule has 0 N–H and O–H groups in total. The first kappa shape index (κ1) is 22.4. The number of aryl methyl sites for hydroxylation is 4. The van der Waals surface area contributed by atoms with Gasteiger partial charge in [-0.3, -0.25) is 0 Å². The second-order valence-corrected chi connectivity index (χ2v) is 8.10. The van der Waals surface area contributed by atoms with Gasteiger partial charge in [-0.15, -0.1) is 0 Å². The number of para-hydroxylation sites is 1. The molecule has 0 saturated heterocycles. The van der Waals surface area contributed by atoms with Crippen LogP contribution in [0.5, 0.6) is 0 Å². The van der Waals surface area contributed by atoms with Gasteiger partial charge in [-0.25, -0.2) is 4.79 Å². The van der Waals surface area contributed by atoms with Crippen molar-refractivity contribution in [1.29, 1.82) is 0 Å². The molecule has 0 bridgehead atoms. The number of anilines is 1. The number of hydrogen-bond acceptors (Lipinski definition) is 3. The number of hydrogen-bond donors (Lipinski definition) is 0. The number of carbonyl (C=O) groups excluding carboxylic acids is 1. The molecule has 0 amide bonds.